The Labute approximate surface area is 114 Å². The zero-order valence-electron chi connectivity index (χ0n) is 10.7. The molecular weight excluding hydrogens is 260 g/mol. The molecule has 0 aliphatic carbocycles. The fraction of sp³-hybridized carbons (Fsp3) is 0.0769. The highest BCUT2D eigenvalue weighted by Crippen LogP contribution is 2.20. The maximum atomic E-state index is 12.2. The molecule has 0 radical (unpaired) electrons. The Bertz CT molecular complexity index is 643. The van der Waals surface area contributed by atoms with Crippen molar-refractivity contribution in [3.8, 4) is 0 Å². The molecule has 2 rings (SSSR count). The van der Waals surface area contributed by atoms with Crippen LogP contribution < -0.4 is 10.6 Å². The topological polar surface area (TPSA) is 97.2 Å². The van der Waals surface area contributed by atoms with E-state index in [1.54, 1.807) is 31.3 Å². The van der Waals surface area contributed by atoms with E-state index in [1.807, 2.05) is 6.07 Å². The second kappa shape index (κ2) is 5.79. The summed E-state index contributed by atoms with van der Waals surface area (Å²) in [7, 11) is 1.59. The third-order valence-corrected chi connectivity index (χ3v) is 2.60. The molecule has 0 saturated carbocycles. The molecule has 20 heavy (non-hydrogen) atoms. The molecule has 0 unspecified atom stereocenters. The highest BCUT2D eigenvalue weighted by atomic mass is 16.6. The molecule has 102 valence electrons. The van der Waals surface area contributed by atoms with Crippen LogP contribution in [0.25, 0.3) is 0 Å². The predicted octanol–water partition coefficient (Wildman–Crippen LogP) is 2.28. The molecule has 0 saturated heterocycles. The zero-order valence-corrected chi connectivity index (χ0v) is 10.7. The van der Waals surface area contributed by atoms with Crippen LogP contribution in [-0.2, 0) is 0 Å². The van der Waals surface area contributed by atoms with Gasteiger partial charge in [0, 0.05) is 18.8 Å². The second-order valence-corrected chi connectivity index (χ2v) is 3.92. The number of nitrogens with zero attached hydrogens (tertiary/aromatic N) is 2. The molecule has 7 heteroatoms. The molecule has 1 aromatic heterocycles. The van der Waals surface area contributed by atoms with Crippen molar-refractivity contribution in [1.82, 2.24) is 4.98 Å². The quantitative estimate of drug-likeness (QED) is 0.657. The molecule has 2 aromatic rings. The average Bonchev–Trinajstić information content (AvgIpc) is 2.47. The van der Waals surface area contributed by atoms with Crippen LogP contribution >= 0.6 is 0 Å². The van der Waals surface area contributed by atoms with Crippen molar-refractivity contribution < 1.29 is 9.72 Å². The number of nitrogens with one attached hydrogen (secondary N) is 2. The number of amides is 1. The van der Waals surface area contributed by atoms with Gasteiger partial charge in [-0.25, -0.2) is 4.98 Å². The fourth-order valence-electron chi connectivity index (χ4n) is 1.65. The predicted molar refractivity (Wildman–Crippen MR) is 74.8 cm³/mol. The molecule has 0 aliphatic rings. The van der Waals surface area contributed by atoms with Crippen molar-refractivity contribution in [2.75, 3.05) is 17.7 Å². The zero-order chi connectivity index (χ0) is 14.5. The Balaban J connectivity index is 2.32. The van der Waals surface area contributed by atoms with Gasteiger partial charge in [-0.15, -0.1) is 0 Å². The number of hydrogen-bond donors (Lipinski definition) is 2. The molecule has 0 fully saturated rings. The van der Waals surface area contributed by atoms with Crippen molar-refractivity contribution in [3.05, 3.63) is 58.3 Å². The maximum absolute atomic E-state index is 12.2. The third kappa shape index (κ3) is 2.89. The van der Waals surface area contributed by atoms with Gasteiger partial charge in [0.2, 0.25) is 0 Å². The smallest absolute Gasteiger partial charge is 0.288 e. The van der Waals surface area contributed by atoms with E-state index >= 15 is 0 Å². The van der Waals surface area contributed by atoms with Crippen LogP contribution in [0, 0.1) is 10.1 Å². The lowest BCUT2D eigenvalue weighted by Gasteiger charge is -2.08. The second-order valence-electron chi connectivity index (χ2n) is 3.92. The Morgan fingerprint density at radius 1 is 1.30 bits per heavy atom. The number of aromatic nitrogens is 1. The highest BCUT2D eigenvalue weighted by Gasteiger charge is 2.17. The van der Waals surface area contributed by atoms with E-state index in [9.17, 15) is 14.9 Å². The van der Waals surface area contributed by atoms with Crippen LogP contribution in [-0.4, -0.2) is 22.9 Å². The number of carbonyl (C=O) groups excluding carboxylic acids is 1. The monoisotopic (exact) mass is 272 g/mol. The lowest BCUT2D eigenvalue weighted by Crippen LogP contribution is -2.15. The van der Waals surface area contributed by atoms with Crippen LogP contribution in [0.15, 0.2) is 42.6 Å². The number of anilines is 2. The lowest BCUT2D eigenvalue weighted by atomic mass is 10.2. The maximum Gasteiger partial charge on any atom is 0.288 e. The first-order chi connectivity index (χ1) is 9.61. The minimum atomic E-state index is -0.592. The first kappa shape index (κ1) is 13.5. The third-order valence-electron chi connectivity index (χ3n) is 2.60. The van der Waals surface area contributed by atoms with Gasteiger partial charge in [0.25, 0.3) is 11.6 Å². The summed E-state index contributed by atoms with van der Waals surface area (Å²) in [4.78, 5) is 26.2. The van der Waals surface area contributed by atoms with Gasteiger partial charge in [-0.2, -0.15) is 0 Å². The van der Waals surface area contributed by atoms with Gasteiger partial charge in [-0.05, 0) is 12.1 Å². The lowest BCUT2D eigenvalue weighted by molar-refractivity contribution is -0.385. The molecule has 7 nitrogen and oxygen atoms in total. The van der Waals surface area contributed by atoms with Crippen LogP contribution in [0.4, 0.5) is 17.2 Å². The molecule has 1 heterocycles. The van der Waals surface area contributed by atoms with Crippen LogP contribution in [0.2, 0.25) is 0 Å². The van der Waals surface area contributed by atoms with E-state index in [-0.39, 0.29) is 17.1 Å². The molecule has 1 amide bonds. The Morgan fingerprint density at radius 3 is 2.60 bits per heavy atom. The molecule has 1 aromatic carbocycles. The summed E-state index contributed by atoms with van der Waals surface area (Å²) in [6.45, 7) is 0. The van der Waals surface area contributed by atoms with Gasteiger partial charge in [0.1, 0.15) is 12.0 Å². The van der Waals surface area contributed by atoms with Crippen LogP contribution in [0.1, 0.15) is 10.4 Å². The van der Waals surface area contributed by atoms with Gasteiger partial charge in [0.15, 0.2) is 0 Å². The number of carbonyl (C=O) groups is 1. The Kier molecular flexibility index (Phi) is 3.90. The van der Waals surface area contributed by atoms with Crippen LogP contribution in [0.5, 0.6) is 0 Å². The number of nitro groups is 1. The van der Waals surface area contributed by atoms with Gasteiger partial charge in [-0.1, -0.05) is 18.2 Å². The Morgan fingerprint density at radius 2 is 2.00 bits per heavy atom. The number of benzene rings is 1. The number of hydrogen-bond acceptors (Lipinski definition) is 5. The summed E-state index contributed by atoms with van der Waals surface area (Å²) in [5, 5.41) is 16.1. The summed E-state index contributed by atoms with van der Waals surface area (Å²) in [5.74, 6) is -0.180. The minimum Gasteiger partial charge on any atom is -0.372 e. The van der Waals surface area contributed by atoms with Crippen molar-refractivity contribution in [2.24, 2.45) is 0 Å². The summed E-state index contributed by atoms with van der Waals surface area (Å²) in [6, 6.07) is 10.0. The molecule has 0 atom stereocenters. The molecular formula is C13H12N4O3. The normalized spacial score (nSPS) is 9.85. The largest absolute Gasteiger partial charge is 0.372 e. The molecule has 0 bridgehead atoms. The van der Waals surface area contributed by atoms with E-state index in [1.165, 1.54) is 6.07 Å². The molecule has 0 aliphatic heterocycles. The van der Waals surface area contributed by atoms with Crippen molar-refractivity contribution >= 4 is 23.1 Å². The number of para-hydroxylation sites is 1. The number of pyridine rings is 1. The summed E-state index contributed by atoms with van der Waals surface area (Å²) >= 11 is 0. The SMILES string of the molecule is CNc1ncc([N+](=O)[O-])cc1C(=O)Nc1ccccc1. The molecule has 0 spiro atoms. The van der Waals surface area contributed by atoms with E-state index in [0.29, 0.717) is 5.69 Å². The van der Waals surface area contributed by atoms with Gasteiger partial charge >= 0.3 is 0 Å². The molecule has 2 N–H and O–H groups in total. The standard InChI is InChI=1S/C13H12N4O3/c1-14-12-11(7-10(8-15-12)17(19)20)13(18)16-9-5-3-2-4-6-9/h2-8H,1H3,(H,14,15)(H,16,18). The Hall–Kier alpha value is -2.96. The minimum absolute atomic E-state index is 0.116. The van der Waals surface area contributed by atoms with Crippen molar-refractivity contribution in [3.63, 3.8) is 0 Å². The van der Waals surface area contributed by atoms with Crippen LogP contribution in [0.3, 0.4) is 0 Å². The summed E-state index contributed by atoms with van der Waals surface area (Å²) in [6.07, 6.45) is 1.10. The van der Waals surface area contributed by atoms with Gasteiger partial charge in [0.05, 0.1) is 10.5 Å². The first-order valence-electron chi connectivity index (χ1n) is 5.80. The van der Waals surface area contributed by atoms with Gasteiger partial charge in [-0.3, -0.25) is 14.9 Å². The summed E-state index contributed by atoms with van der Waals surface area (Å²) < 4.78 is 0. The van der Waals surface area contributed by atoms with Crippen molar-refractivity contribution in [2.45, 2.75) is 0 Å². The van der Waals surface area contributed by atoms with Crippen molar-refractivity contribution in [1.29, 1.82) is 0 Å². The van der Waals surface area contributed by atoms with Gasteiger partial charge < -0.3 is 10.6 Å². The highest BCUT2D eigenvalue weighted by molar-refractivity contribution is 6.07. The van der Waals surface area contributed by atoms with E-state index in [0.717, 1.165) is 6.20 Å². The van der Waals surface area contributed by atoms with E-state index in [2.05, 4.69) is 15.6 Å². The average molecular weight is 272 g/mol. The first-order valence-corrected chi connectivity index (χ1v) is 5.80. The van der Waals surface area contributed by atoms with E-state index < -0.39 is 10.8 Å². The fourth-order valence-corrected chi connectivity index (χ4v) is 1.65. The summed E-state index contributed by atoms with van der Waals surface area (Å²) in [5.41, 5.74) is 0.485. The van der Waals surface area contributed by atoms with E-state index in [4.69, 9.17) is 0 Å². The number of rotatable bonds is 4.